The Labute approximate surface area is 210 Å². The molecule has 0 spiro atoms. The number of nitrogens with zero attached hydrogens (tertiary/aromatic N) is 3. The van der Waals surface area contributed by atoms with Crippen LogP contribution in [0.3, 0.4) is 0 Å². The van der Waals surface area contributed by atoms with E-state index in [1.54, 1.807) is 11.9 Å². The first-order valence-corrected chi connectivity index (χ1v) is 14.3. The maximum absolute atomic E-state index is 13.7. The molecule has 4 fully saturated rings. The summed E-state index contributed by atoms with van der Waals surface area (Å²) < 4.78 is 5.32. The number of rotatable bonds is 5. The minimum atomic E-state index is 0.151. The molecule has 0 N–H and O–H groups in total. The summed E-state index contributed by atoms with van der Waals surface area (Å²) in [6, 6.07) is 5.71. The number of carbonyl (C=O) groups excluding carboxylic acids is 1. The van der Waals surface area contributed by atoms with Crippen molar-refractivity contribution in [3.8, 4) is 5.75 Å². The second-order valence-corrected chi connectivity index (χ2v) is 12.8. The summed E-state index contributed by atoms with van der Waals surface area (Å²) in [6.45, 7) is 7.72. The molecule has 1 heterocycles. The van der Waals surface area contributed by atoms with E-state index in [-0.39, 0.29) is 17.9 Å². The first-order valence-electron chi connectivity index (χ1n) is 14.3. The van der Waals surface area contributed by atoms with E-state index in [4.69, 9.17) is 4.74 Å². The van der Waals surface area contributed by atoms with E-state index >= 15 is 0 Å². The number of benzene rings is 1. The summed E-state index contributed by atoms with van der Waals surface area (Å²) >= 11 is 0. The maximum atomic E-state index is 13.7. The maximum Gasteiger partial charge on any atom is 0.159 e. The predicted molar refractivity (Wildman–Crippen MR) is 138 cm³/mol. The van der Waals surface area contributed by atoms with Gasteiger partial charge in [-0.25, -0.2) is 0 Å². The van der Waals surface area contributed by atoms with Crippen LogP contribution in [0.4, 0.5) is 0 Å². The Morgan fingerprint density at radius 1 is 1.06 bits per heavy atom. The molecule has 4 aliphatic rings. The second-order valence-electron chi connectivity index (χ2n) is 12.8. The van der Waals surface area contributed by atoms with E-state index in [1.165, 1.54) is 57.8 Å². The van der Waals surface area contributed by atoms with Crippen molar-refractivity contribution >= 4 is 16.8 Å². The van der Waals surface area contributed by atoms with Crippen LogP contribution < -0.4 is 4.74 Å². The fourth-order valence-corrected chi connectivity index (χ4v) is 9.89. The van der Waals surface area contributed by atoms with Gasteiger partial charge in [0, 0.05) is 12.0 Å². The van der Waals surface area contributed by atoms with Gasteiger partial charge in [-0.3, -0.25) is 4.79 Å². The number of fused-ring (bicyclic) bond motifs is 6. The zero-order chi connectivity index (χ0) is 24.4. The Bertz CT molecular complexity index is 1110. The molecule has 1 aromatic carbocycles. The largest absolute Gasteiger partial charge is 0.497 e. The molecule has 0 amide bonds. The van der Waals surface area contributed by atoms with Gasteiger partial charge in [-0.05, 0) is 110 Å². The third-order valence-electron chi connectivity index (χ3n) is 11.6. The SMILES string of the molecule is CCC12CCC(C)CC1CCC1C3CCC(C(=O)Cn4nc5ccc(OC)cc5n4)C3(C)CCC12. The fourth-order valence-electron chi connectivity index (χ4n) is 9.89. The molecule has 35 heavy (non-hydrogen) atoms. The van der Waals surface area contributed by atoms with E-state index in [9.17, 15) is 4.79 Å². The summed E-state index contributed by atoms with van der Waals surface area (Å²) in [6.07, 6.45) is 13.4. The lowest BCUT2D eigenvalue weighted by atomic mass is 9.43. The van der Waals surface area contributed by atoms with Gasteiger partial charge in [0.15, 0.2) is 5.78 Å². The molecule has 5 heteroatoms. The lowest BCUT2D eigenvalue weighted by Crippen LogP contribution is -2.54. The molecule has 5 nitrogen and oxygen atoms in total. The highest BCUT2D eigenvalue weighted by Crippen LogP contribution is 2.68. The van der Waals surface area contributed by atoms with Gasteiger partial charge in [0.25, 0.3) is 0 Å². The molecule has 6 rings (SSSR count). The molecule has 2 aromatic rings. The Kier molecular flexibility index (Phi) is 5.76. The summed E-state index contributed by atoms with van der Waals surface area (Å²) in [4.78, 5) is 15.3. The van der Waals surface area contributed by atoms with E-state index in [1.807, 2.05) is 18.2 Å². The predicted octanol–water partition coefficient (Wildman–Crippen LogP) is 6.69. The van der Waals surface area contributed by atoms with Crippen molar-refractivity contribution in [1.29, 1.82) is 0 Å². The molecule has 0 aliphatic heterocycles. The number of hydrogen-bond acceptors (Lipinski definition) is 4. The van der Waals surface area contributed by atoms with Crippen LogP contribution >= 0.6 is 0 Å². The smallest absolute Gasteiger partial charge is 0.159 e. The minimum Gasteiger partial charge on any atom is -0.497 e. The summed E-state index contributed by atoms with van der Waals surface area (Å²) in [5, 5.41) is 9.19. The van der Waals surface area contributed by atoms with Crippen molar-refractivity contribution < 1.29 is 9.53 Å². The normalized spacial score (nSPS) is 40.7. The molecular weight excluding hydrogens is 434 g/mol. The van der Waals surface area contributed by atoms with E-state index in [2.05, 4.69) is 31.0 Å². The monoisotopic (exact) mass is 477 g/mol. The van der Waals surface area contributed by atoms with Crippen LogP contribution in [0, 0.1) is 46.3 Å². The summed E-state index contributed by atoms with van der Waals surface area (Å²) in [7, 11) is 1.66. The van der Waals surface area contributed by atoms with Gasteiger partial charge in [-0.2, -0.15) is 15.0 Å². The third kappa shape index (κ3) is 3.58. The van der Waals surface area contributed by atoms with Crippen LogP contribution in [0.2, 0.25) is 0 Å². The standard InChI is InChI=1S/C30H43N3O2/c1-5-30-15-12-19(2)16-20(30)6-8-22-23-9-10-25(29(23,3)14-13-24(22)30)28(34)18-33-31-26-11-7-21(35-4)17-27(26)32-33/h7,11,17,19-20,22-25H,5-6,8-10,12-16,18H2,1-4H3. The van der Waals surface area contributed by atoms with Crippen molar-refractivity contribution in [1.82, 2.24) is 15.0 Å². The minimum absolute atomic E-state index is 0.151. The number of aromatic nitrogens is 3. The van der Waals surface area contributed by atoms with E-state index < -0.39 is 0 Å². The molecule has 4 saturated carbocycles. The molecule has 0 saturated heterocycles. The first-order chi connectivity index (χ1) is 16.9. The zero-order valence-corrected chi connectivity index (χ0v) is 22.1. The number of hydrogen-bond donors (Lipinski definition) is 0. The average Bonchev–Trinajstić information content (AvgIpc) is 3.42. The first kappa shape index (κ1) is 23.5. The molecule has 0 bridgehead atoms. The molecule has 8 atom stereocenters. The van der Waals surface area contributed by atoms with E-state index in [0.29, 0.717) is 17.1 Å². The number of Topliss-reactive ketones (excluding diaryl/α,β-unsaturated/α-hetero) is 1. The Morgan fingerprint density at radius 3 is 2.69 bits per heavy atom. The number of ether oxygens (including phenoxy) is 1. The lowest BCUT2D eigenvalue weighted by Gasteiger charge is -2.62. The van der Waals surface area contributed by atoms with Gasteiger partial charge in [0.05, 0.1) is 7.11 Å². The number of carbonyl (C=O) groups is 1. The van der Waals surface area contributed by atoms with Gasteiger partial charge in [-0.15, -0.1) is 0 Å². The van der Waals surface area contributed by atoms with Crippen LogP contribution in [0.1, 0.15) is 85.0 Å². The highest BCUT2D eigenvalue weighted by Gasteiger charge is 2.61. The summed E-state index contributed by atoms with van der Waals surface area (Å²) in [5.74, 6) is 5.54. The quantitative estimate of drug-likeness (QED) is 0.481. The highest BCUT2D eigenvalue weighted by molar-refractivity contribution is 5.82. The van der Waals surface area contributed by atoms with Gasteiger partial charge < -0.3 is 4.74 Å². The lowest BCUT2D eigenvalue weighted by molar-refractivity contribution is -0.141. The molecule has 8 unspecified atom stereocenters. The average molecular weight is 478 g/mol. The molecule has 1 aromatic heterocycles. The van der Waals surface area contributed by atoms with Gasteiger partial charge in [0.2, 0.25) is 0 Å². The van der Waals surface area contributed by atoms with Gasteiger partial charge >= 0.3 is 0 Å². The van der Waals surface area contributed by atoms with Crippen molar-refractivity contribution in [3.05, 3.63) is 18.2 Å². The van der Waals surface area contributed by atoms with Crippen molar-refractivity contribution in [2.75, 3.05) is 7.11 Å². The van der Waals surface area contributed by atoms with Crippen LogP contribution in [0.15, 0.2) is 18.2 Å². The van der Waals surface area contributed by atoms with Crippen LogP contribution in [0.5, 0.6) is 5.75 Å². The number of methoxy groups -OCH3 is 1. The Balaban J connectivity index is 1.21. The Morgan fingerprint density at radius 2 is 1.89 bits per heavy atom. The van der Waals surface area contributed by atoms with Crippen LogP contribution in [-0.2, 0) is 11.3 Å². The van der Waals surface area contributed by atoms with Gasteiger partial charge in [0.1, 0.15) is 23.3 Å². The topological polar surface area (TPSA) is 57.0 Å². The molecule has 4 aliphatic carbocycles. The number of ketones is 1. The molecule has 190 valence electrons. The van der Waals surface area contributed by atoms with Crippen LogP contribution in [-0.4, -0.2) is 27.9 Å². The van der Waals surface area contributed by atoms with Crippen molar-refractivity contribution in [2.45, 2.75) is 91.5 Å². The van der Waals surface area contributed by atoms with E-state index in [0.717, 1.165) is 46.9 Å². The second kappa shape index (κ2) is 8.59. The third-order valence-corrected chi connectivity index (χ3v) is 11.6. The van der Waals surface area contributed by atoms with Crippen molar-refractivity contribution in [3.63, 3.8) is 0 Å². The van der Waals surface area contributed by atoms with Crippen LogP contribution in [0.25, 0.3) is 11.0 Å². The fraction of sp³-hybridized carbons (Fsp3) is 0.767. The molecule has 0 radical (unpaired) electrons. The van der Waals surface area contributed by atoms with Crippen molar-refractivity contribution in [2.24, 2.45) is 46.3 Å². The zero-order valence-electron chi connectivity index (χ0n) is 22.1. The van der Waals surface area contributed by atoms with Gasteiger partial charge in [-0.1, -0.05) is 27.2 Å². The summed E-state index contributed by atoms with van der Waals surface area (Å²) in [5.41, 5.74) is 2.34. The Hall–Kier alpha value is -1.91. The highest BCUT2D eigenvalue weighted by atomic mass is 16.5. The molecular formula is C30H43N3O2.